The molecule has 2 N–H and O–H groups in total. The van der Waals surface area contributed by atoms with Crippen molar-refractivity contribution in [1.29, 1.82) is 0 Å². The Morgan fingerprint density at radius 3 is 2.50 bits per heavy atom. The number of hydrazine groups is 1. The van der Waals surface area contributed by atoms with Crippen molar-refractivity contribution < 1.29 is 19.4 Å². The van der Waals surface area contributed by atoms with Crippen LogP contribution in [0, 0.1) is 0 Å². The van der Waals surface area contributed by atoms with Gasteiger partial charge in [0.05, 0.1) is 13.2 Å². The van der Waals surface area contributed by atoms with Crippen LogP contribution < -0.4 is 5.43 Å². The van der Waals surface area contributed by atoms with E-state index in [1.165, 1.54) is 11.3 Å². The molecule has 0 saturated carbocycles. The summed E-state index contributed by atoms with van der Waals surface area (Å²) in [6, 6.07) is 0.373. The second-order valence-electron chi connectivity index (χ2n) is 5.60. The number of amides is 2. The Kier molecular flexibility index (Phi) is 4.82. The third-order valence-corrected chi connectivity index (χ3v) is 4.05. The van der Waals surface area contributed by atoms with Crippen molar-refractivity contribution in [2.24, 2.45) is 0 Å². The van der Waals surface area contributed by atoms with E-state index in [-0.39, 0.29) is 19.2 Å². The second kappa shape index (κ2) is 6.41. The standard InChI is InChI=1S/C13H23N3O4/c1-9-4-3-5-10(2)16(9)14-13(19)15-6-7-20-11(8-15)12(17)18/h9-11H,3-8H2,1-2H3,(H,14,19)(H,17,18). The smallest absolute Gasteiger partial charge is 0.334 e. The molecule has 0 aliphatic carbocycles. The van der Waals surface area contributed by atoms with Crippen LogP contribution in [0.5, 0.6) is 0 Å². The van der Waals surface area contributed by atoms with Gasteiger partial charge in [-0.2, -0.15) is 0 Å². The van der Waals surface area contributed by atoms with Gasteiger partial charge in [0.25, 0.3) is 0 Å². The van der Waals surface area contributed by atoms with E-state index in [4.69, 9.17) is 9.84 Å². The molecule has 7 nitrogen and oxygen atoms in total. The van der Waals surface area contributed by atoms with E-state index in [1.54, 1.807) is 0 Å². The highest BCUT2D eigenvalue weighted by atomic mass is 16.5. The third-order valence-electron chi connectivity index (χ3n) is 4.05. The van der Waals surface area contributed by atoms with Crippen molar-refractivity contribution in [1.82, 2.24) is 15.3 Å². The lowest BCUT2D eigenvalue weighted by molar-refractivity contribution is -0.154. The first-order valence-electron chi connectivity index (χ1n) is 7.17. The summed E-state index contributed by atoms with van der Waals surface area (Å²) in [6.45, 7) is 4.96. The normalized spacial score (nSPS) is 31.9. The van der Waals surface area contributed by atoms with E-state index >= 15 is 0 Å². The molecular formula is C13H23N3O4. The summed E-state index contributed by atoms with van der Waals surface area (Å²) in [6.07, 6.45) is 2.37. The number of rotatable bonds is 2. The van der Waals surface area contributed by atoms with E-state index in [1.807, 2.05) is 5.01 Å². The monoisotopic (exact) mass is 285 g/mol. The number of carbonyl (C=O) groups is 2. The quantitative estimate of drug-likeness (QED) is 0.779. The molecule has 20 heavy (non-hydrogen) atoms. The van der Waals surface area contributed by atoms with Gasteiger partial charge in [-0.25, -0.2) is 14.6 Å². The van der Waals surface area contributed by atoms with Gasteiger partial charge < -0.3 is 14.7 Å². The average Bonchev–Trinajstić information content (AvgIpc) is 2.43. The highest BCUT2D eigenvalue weighted by Crippen LogP contribution is 2.20. The van der Waals surface area contributed by atoms with Crippen LogP contribution in [0.4, 0.5) is 4.79 Å². The van der Waals surface area contributed by atoms with E-state index in [9.17, 15) is 9.59 Å². The molecule has 3 unspecified atom stereocenters. The SMILES string of the molecule is CC1CCCC(C)N1NC(=O)N1CCOC(C(=O)O)C1. The molecule has 0 radical (unpaired) electrons. The van der Waals surface area contributed by atoms with E-state index < -0.39 is 12.1 Å². The first-order valence-corrected chi connectivity index (χ1v) is 7.17. The summed E-state index contributed by atoms with van der Waals surface area (Å²) in [4.78, 5) is 24.7. The molecule has 2 aliphatic heterocycles. The number of nitrogens with one attached hydrogen (secondary N) is 1. The van der Waals surface area contributed by atoms with Crippen molar-refractivity contribution in [3.8, 4) is 0 Å². The predicted octanol–water partition coefficient (Wildman–Crippen LogP) is 0.659. The zero-order chi connectivity index (χ0) is 14.7. The van der Waals surface area contributed by atoms with Crippen molar-refractivity contribution in [3.63, 3.8) is 0 Å². The summed E-state index contributed by atoms with van der Waals surface area (Å²) < 4.78 is 5.12. The Labute approximate surface area is 118 Å². The maximum Gasteiger partial charge on any atom is 0.334 e. The van der Waals surface area contributed by atoms with Gasteiger partial charge in [-0.15, -0.1) is 0 Å². The highest BCUT2D eigenvalue weighted by molar-refractivity contribution is 5.77. The number of piperidine rings is 1. The fourth-order valence-corrected chi connectivity index (χ4v) is 2.81. The Hall–Kier alpha value is -1.34. The lowest BCUT2D eigenvalue weighted by atomic mass is 10.00. The van der Waals surface area contributed by atoms with Crippen LogP contribution in [0.1, 0.15) is 33.1 Å². The Morgan fingerprint density at radius 2 is 1.90 bits per heavy atom. The number of carboxylic acids is 1. The van der Waals surface area contributed by atoms with Crippen LogP contribution in [0.15, 0.2) is 0 Å². The minimum atomic E-state index is -1.03. The second-order valence-corrected chi connectivity index (χ2v) is 5.60. The predicted molar refractivity (Wildman–Crippen MR) is 72.1 cm³/mol. The van der Waals surface area contributed by atoms with Gasteiger partial charge >= 0.3 is 12.0 Å². The summed E-state index contributed by atoms with van der Waals surface area (Å²) >= 11 is 0. The summed E-state index contributed by atoms with van der Waals surface area (Å²) in [7, 11) is 0. The van der Waals surface area contributed by atoms with Gasteiger partial charge in [-0.1, -0.05) is 6.42 Å². The molecule has 0 aromatic rings. The minimum Gasteiger partial charge on any atom is -0.479 e. The topological polar surface area (TPSA) is 82.1 Å². The van der Waals surface area contributed by atoms with Gasteiger partial charge in [0.15, 0.2) is 6.10 Å². The number of hydrogen-bond acceptors (Lipinski definition) is 4. The van der Waals surface area contributed by atoms with Crippen molar-refractivity contribution in [3.05, 3.63) is 0 Å². The molecule has 2 heterocycles. The largest absolute Gasteiger partial charge is 0.479 e. The lowest BCUT2D eigenvalue weighted by Gasteiger charge is -2.40. The fourth-order valence-electron chi connectivity index (χ4n) is 2.81. The number of carbonyl (C=O) groups excluding carboxylic acids is 1. The van der Waals surface area contributed by atoms with Gasteiger partial charge in [0, 0.05) is 18.6 Å². The van der Waals surface area contributed by atoms with Crippen LogP contribution in [0.25, 0.3) is 0 Å². The van der Waals surface area contributed by atoms with E-state index in [2.05, 4.69) is 19.3 Å². The summed E-state index contributed by atoms with van der Waals surface area (Å²) in [5.74, 6) is -1.03. The molecule has 0 spiro atoms. The zero-order valence-corrected chi connectivity index (χ0v) is 12.0. The first kappa shape index (κ1) is 15.1. The average molecular weight is 285 g/mol. The molecule has 7 heteroatoms. The molecule has 2 fully saturated rings. The number of ether oxygens (including phenoxy) is 1. The maximum absolute atomic E-state index is 12.3. The number of carboxylic acid groups (broad SMARTS) is 1. The third kappa shape index (κ3) is 3.40. The highest BCUT2D eigenvalue weighted by Gasteiger charge is 2.32. The van der Waals surface area contributed by atoms with Crippen molar-refractivity contribution >= 4 is 12.0 Å². The van der Waals surface area contributed by atoms with Crippen LogP contribution in [0.2, 0.25) is 0 Å². The van der Waals surface area contributed by atoms with E-state index in [0.717, 1.165) is 12.8 Å². The fraction of sp³-hybridized carbons (Fsp3) is 0.846. The molecule has 2 amide bonds. The number of hydrogen-bond donors (Lipinski definition) is 2. The number of urea groups is 1. The minimum absolute atomic E-state index is 0.0950. The van der Waals surface area contributed by atoms with E-state index in [0.29, 0.717) is 18.6 Å². The summed E-state index contributed by atoms with van der Waals surface area (Å²) in [5.41, 5.74) is 2.92. The Morgan fingerprint density at radius 1 is 1.25 bits per heavy atom. The lowest BCUT2D eigenvalue weighted by Crippen LogP contribution is -2.59. The van der Waals surface area contributed by atoms with Crippen LogP contribution in [-0.2, 0) is 9.53 Å². The first-order chi connectivity index (χ1) is 9.49. The van der Waals surface area contributed by atoms with Crippen molar-refractivity contribution in [2.75, 3.05) is 19.7 Å². The molecule has 3 atom stereocenters. The molecule has 114 valence electrons. The Bertz CT molecular complexity index is 367. The van der Waals surface area contributed by atoms with Crippen LogP contribution in [-0.4, -0.2) is 64.9 Å². The van der Waals surface area contributed by atoms with Gasteiger partial charge in [0.2, 0.25) is 0 Å². The molecule has 2 saturated heterocycles. The summed E-state index contributed by atoms with van der Waals surface area (Å²) in [5, 5.41) is 10.9. The van der Waals surface area contributed by atoms with Crippen LogP contribution >= 0.6 is 0 Å². The molecule has 2 aliphatic rings. The van der Waals surface area contributed by atoms with Gasteiger partial charge in [-0.3, -0.25) is 5.43 Å². The molecule has 2 rings (SSSR count). The van der Waals surface area contributed by atoms with Gasteiger partial charge in [0.1, 0.15) is 0 Å². The molecule has 0 aromatic heterocycles. The molecular weight excluding hydrogens is 262 g/mol. The van der Waals surface area contributed by atoms with Gasteiger partial charge in [-0.05, 0) is 26.7 Å². The van der Waals surface area contributed by atoms with Crippen LogP contribution in [0.3, 0.4) is 0 Å². The number of aliphatic carboxylic acids is 1. The zero-order valence-electron chi connectivity index (χ0n) is 12.0. The molecule has 0 aromatic carbocycles. The number of nitrogens with zero attached hydrogens (tertiary/aromatic N) is 2. The Balaban J connectivity index is 1.92. The maximum atomic E-state index is 12.3. The van der Waals surface area contributed by atoms with Crippen molar-refractivity contribution in [2.45, 2.75) is 51.3 Å². The molecule has 0 bridgehead atoms. The number of morpholine rings is 1.